The van der Waals surface area contributed by atoms with Gasteiger partial charge in [0.1, 0.15) is 0 Å². The summed E-state index contributed by atoms with van der Waals surface area (Å²) in [6.45, 7) is 0. The lowest BCUT2D eigenvalue weighted by molar-refractivity contribution is -0.144. The topological polar surface area (TPSA) is 46.5 Å². The molecule has 108 heavy (non-hydrogen) atoms. The van der Waals surface area contributed by atoms with E-state index in [1.807, 2.05) is 0 Å². The molecule has 0 fully saturated rings. The quantitative estimate of drug-likeness (QED) is 0.135. The van der Waals surface area contributed by atoms with Gasteiger partial charge in [0.05, 0.1) is 101 Å². The molecule has 0 radical (unpaired) electrons. The molecule has 0 amide bonds. The number of nitriles is 1. The first-order chi connectivity index (χ1) is 50.5. The van der Waals surface area contributed by atoms with Crippen LogP contribution in [0.3, 0.4) is 0 Å². The Bertz CT molecular complexity index is 5380. The highest BCUT2D eigenvalue weighted by Gasteiger charge is 2.44. The van der Waals surface area contributed by atoms with Gasteiger partial charge in [0.2, 0.25) is 0 Å². The summed E-state index contributed by atoms with van der Waals surface area (Å²) < 4.78 is 355. The molecule has 28 heteroatoms. The minimum atomic E-state index is -5.51. The number of alkyl halides is 24. The van der Waals surface area contributed by atoms with Crippen LogP contribution in [0.4, 0.5) is 105 Å². The van der Waals surface area contributed by atoms with E-state index in [1.165, 1.54) is 45.5 Å². The van der Waals surface area contributed by atoms with Crippen LogP contribution in [0.15, 0.2) is 231 Å². The average molecular weight is 1510 g/mol. The second-order valence-electron chi connectivity index (χ2n) is 25.0. The molecular formula is C80H38F24N4. The Balaban J connectivity index is 1.15. The van der Waals surface area contributed by atoms with E-state index in [0.29, 0.717) is 59.7 Å². The highest BCUT2D eigenvalue weighted by molar-refractivity contribution is 6.15. The molecule has 0 atom stereocenters. The molecule has 0 saturated carbocycles. The van der Waals surface area contributed by atoms with Gasteiger partial charge in [-0.2, -0.15) is 111 Å². The SMILES string of the molecule is N#Cc1cc(-n2c3ccc(-c4ccc(C(F)(F)F)cc4C(F)(F)F)cc3c3cc(-c4ccc(C(F)(F)F)cc4C(F)(F)F)ccc32)c(-c2cc(-c3ccccc3)nc(-c3ccccc3)c2)c(-n2c3ccc(-c4ccc(C(F)(F)F)cc4C(F)(F)F)cc3c3cc(-c4ccc(C(F)(F)F)cc4C(F)(F)F)ccc32)c1. The highest BCUT2D eigenvalue weighted by Crippen LogP contribution is 2.52. The van der Waals surface area contributed by atoms with E-state index >= 15 is 52.7 Å². The standard InChI is InChI=1S/C80H38F24N4/c81-73(82,83)48-15-19-52(60(35-48)77(93,94)95)43-11-23-66-56(29-43)57-30-44(53-20-16-49(74(84,85)86)36-61(53)78(96,97)98)12-24-67(57)107(66)70-27-40(39-105)28-71(72(70)47-33-64(41-7-3-1-4-8-41)106-65(34-47)42-9-5-2-6-10-42)108-68-25-13-45(54-21-17-50(75(87,88)89)37-62(54)79(99,100)101)31-58(68)59-32-46(14-26-69(59)108)55-22-18-51(76(90,91)92)38-63(55)80(102,103)104/h1-38H. The van der Waals surface area contributed by atoms with Crippen LogP contribution in [0.2, 0.25) is 0 Å². The van der Waals surface area contributed by atoms with Gasteiger partial charge in [-0.15, -0.1) is 0 Å². The van der Waals surface area contributed by atoms with E-state index < -0.39 is 138 Å². The molecule has 3 heterocycles. The van der Waals surface area contributed by atoms with Crippen LogP contribution in [0, 0.1) is 11.3 Å². The Morgan fingerprint density at radius 2 is 0.509 bits per heavy atom. The van der Waals surface area contributed by atoms with Gasteiger partial charge < -0.3 is 9.13 Å². The van der Waals surface area contributed by atoms with Crippen molar-refractivity contribution in [3.8, 4) is 95.6 Å². The maximum Gasteiger partial charge on any atom is 0.417 e. The normalized spacial score (nSPS) is 13.0. The number of pyridine rings is 1. The van der Waals surface area contributed by atoms with Gasteiger partial charge in [0, 0.05) is 38.2 Å². The summed E-state index contributed by atoms with van der Waals surface area (Å²) in [5.41, 5.74) is -19.2. The molecular weight excluding hydrogens is 1470 g/mol. The van der Waals surface area contributed by atoms with Gasteiger partial charge >= 0.3 is 49.4 Å². The monoisotopic (exact) mass is 1510 g/mol. The van der Waals surface area contributed by atoms with Gasteiger partial charge in [-0.05, 0) is 171 Å². The summed E-state index contributed by atoms with van der Waals surface area (Å²) >= 11 is 0. The summed E-state index contributed by atoms with van der Waals surface area (Å²) in [5.74, 6) is 0. The summed E-state index contributed by atoms with van der Waals surface area (Å²) in [7, 11) is 0. The van der Waals surface area contributed by atoms with Crippen molar-refractivity contribution in [2.24, 2.45) is 0 Å². The largest absolute Gasteiger partial charge is 0.417 e. The Hall–Kier alpha value is -12.0. The smallest absolute Gasteiger partial charge is 0.308 e. The molecule has 14 aromatic rings. The minimum Gasteiger partial charge on any atom is -0.308 e. The first kappa shape index (κ1) is 72.9. The third kappa shape index (κ3) is 13.4. The fourth-order valence-electron chi connectivity index (χ4n) is 13.6. The van der Waals surface area contributed by atoms with Crippen LogP contribution in [0.25, 0.3) is 133 Å². The van der Waals surface area contributed by atoms with Crippen LogP contribution < -0.4 is 0 Å². The predicted molar refractivity (Wildman–Crippen MR) is 356 cm³/mol. The second-order valence-corrected chi connectivity index (χ2v) is 25.0. The molecule has 0 unspecified atom stereocenters. The molecule has 0 bridgehead atoms. The van der Waals surface area contributed by atoms with Gasteiger partial charge in [0.25, 0.3) is 0 Å². The number of nitrogens with zero attached hydrogens (tertiary/aromatic N) is 4. The van der Waals surface area contributed by atoms with Crippen LogP contribution in [-0.2, 0) is 49.4 Å². The number of halogens is 24. The fraction of sp³-hybridized carbons (Fsp3) is 0.100. The van der Waals surface area contributed by atoms with E-state index in [1.54, 1.807) is 72.8 Å². The number of hydrogen-bond donors (Lipinski definition) is 0. The van der Waals surface area contributed by atoms with Crippen molar-refractivity contribution in [2.45, 2.75) is 49.4 Å². The van der Waals surface area contributed by atoms with Gasteiger partial charge in [-0.3, -0.25) is 0 Å². The van der Waals surface area contributed by atoms with Crippen molar-refractivity contribution in [3.63, 3.8) is 0 Å². The van der Waals surface area contributed by atoms with E-state index in [2.05, 4.69) is 6.07 Å². The van der Waals surface area contributed by atoms with Gasteiger partial charge in [-0.1, -0.05) is 109 Å². The second kappa shape index (κ2) is 25.6. The molecule has 0 saturated heterocycles. The Kier molecular flexibility index (Phi) is 17.3. The Morgan fingerprint density at radius 1 is 0.250 bits per heavy atom. The third-order valence-electron chi connectivity index (χ3n) is 18.3. The Morgan fingerprint density at radius 3 is 0.741 bits per heavy atom. The maximum atomic E-state index is 15.2. The zero-order chi connectivity index (χ0) is 77.5. The van der Waals surface area contributed by atoms with Crippen molar-refractivity contribution < 1.29 is 105 Å². The highest BCUT2D eigenvalue weighted by atomic mass is 19.4. The van der Waals surface area contributed by atoms with Crippen LogP contribution >= 0.6 is 0 Å². The first-order valence-corrected chi connectivity index (χ1v) is 31.6. The van der Waals surface area contributed by atoms with E-state index in [9.17, 15) is 57.9 Å². The van der Waals surface area contributed by atoms with Crippen molar-refractivity contribution in [1.29, 1.82) is 5.26 Å². The number of hydrogen-bond acceptors (Lipinski definition) is 2. The summed E-state index contributed by atoms with van der Waals surface area (Å²) in [6.07, 6.45) is -43.3. The van der Waals surface area contributed by atoms with Crippen LogP contribution in [-0.4, -0.2) is 14.1 Å². The molecule has 0 spiro atoms. The molecule has 0 aliphatic rings. The lowest BCUT2D eigenvalue weighted by Crippen LogP contribution is -2.12. The van der Waals surface area contributed by atoms with E-state index in [0.717, 1.165) is 48.5 Å². The molecule has 0 aliphatic heterocycles. The van der Waals surface area contributed by atoms with Crippen LogP contribution in [0.1, 0.15) is 50.1 Å². The van der Waals surface area contributed by atoms with E-state index in [-0.39, 0.29) is 107 Å². The molecule has 11 aromatic carbocycles. The molecule has 4 nitrogen and oxygen atoms in total. The lowest BCUT2D eigenvalue weighted by atomic mass is 9.94. The summed E-state index contributed by atoms with van der Waals surface area (Å²) in [4.78, 5) is 5.01. The third-order valence-corrected chi connectivity index (χ3v) is 18.3. The van der Waals surface area contributed by atoms with Gasteiger partial charge in [0.15, 0.2) is 0 Å². The van der Waals surface area contributed by atoms with Crippen LogP contribution in [0.5, 0.6) is 0 Å². The predicted octanol–water partition coefficient (Wildman–Crippen LogP) is 27.0. The molecule has 14 rings (SSSR count). The fourth-order valence-corrected chi connectivity index (χ4v) is 13.6. The van der Waals surface area contributed by atoms with Gasteiger partial charge in [-0.25, -0.2) is 4.98 Å². The maximum absolute atomic E-state index is 15.2. The molecule has 0 aliphatic carbocycles. The zero-order valence-electron chi connectivity index (χ0n) is 53.8. The zero-order valence-corrected chi connectivity index (χ0v) is 53.8. The van der Waals surface area contributed by atoms with Crippen molar-refractivity contribution in [1.82, 2.24) is 14.1 Å². The molecule has 0 N–H and O–H groups in total. The number of aromatic nitrogens is 3. The molecule has 3 aromatic heterocycles. The number of benzene rings is 11. The van der Waals surface area contributed by atoms with E-state index in [4.69, 9.17) is 4.98 Å². The average Bonchev–Trinajstić information content (AvgIpc) is 1.54. The van der Waals surface area contributed by atoms with Crippen molar-refractivity contribution >= 4 is 43.6 Å². The number of fused-ring (bicyclic) bond motifs is 6. The minimum absolute atomic E-state index is 0.0574. The summed E-state index contributed by atoms with van der Waals surface area (Å²) in [5, 5.41) is 10.5. The number of rotatable bonds is 9. The summed E-state index contributed by atoms with van der Waals surface area (Å²) in [6, 6.07) is 40.5. The Labute approximate surface area is 591 Å². The molecule has 546 valence electrons. The van der Waals surface area contributed by atoms with Crippen molar-refractivity contribution in [3.05, 3.63) is 281 Å². The lowest BCUT2D eigenvalue weighted by Gasteiger charge is -2.22. The first-order valence-electron chi connectivity index (χ1n) is 31.6. The van der Waals surface area contributed by atoms with Crippen molar-refractivity contribution in [2.75, 3.05) is 0 Å².